The molecule has 0 unspecified atom stereocenters. The maximum absolute atomic E-state index is 13.1. The number of hydrogen-bond acceptors (Lipinski definition) is 6. The van der Waals surface area contributed by atoms with E-state index in [1.54, 1.807) is 23.1 Å². The van der Waals surface area contributed by atoms with E-state index in [0.29, 0.717) is 12.2 Å². The Kier molecular flexibility index (Phi) is 8.15. The standard InChI is InChI=1S/C27H36N6O2/c1-32(2)13-5-6-19-9-11-20(12-10-19)18-35-25-8-4-7-24(25)31-27(34)23-14-21(15-29-26(23)28)22-16-30-33(3)17-22/h9-12,14-17,24-25H,4-8,13,18H2,1-3H3,(H2,28,29)(H,31,34)/t24-,25-/m0/s1. The molecule has 2 heterocycles. The molecule has 0 bridgehead atoms. The first-order valence-corrected chi connectivity index (χ1v) is 12.3. The summed E-state index contributed by atoms with van der Waals surface area (Å²) in [7, 11) is 6.05. The van der Waals surface area contributed by atoms with Gasteiger partial charge >= 0.3 is 0 Å². The molecule has 8 heteroatoms. The average molecular weight is 477 g/mol. The number of nitrogen functional groups attached to an aromatic ring is 1. The van der Waals surface area contributed by atoms with E-state index in [1.165, 1.54) is 5.56 Å². The van der Waals surface area contributed by atoms with Gasteiger partial charge < -0.3 is 20.7 Å². The van der Waals surface area contributed by atoms with E-state index < -0.39 is 0 Å². The topological polar surface area (TPSA) is 98.3 Å². The van der Waals surface area contributed by atoms with E-state index in [9.17, 15) is 4.79 Å². The first-order chi connectivity index (χ1) is 16.9. The Morgan fingerprint density at radius 1 is 1.17 bits per heavy atom. The van der Waals surface area contributed by atoms with Crippen LogP contribution in [-0.4, -0.2) is 58.4 Å². The van der Waals surface area contributed by atoms with E-state index >= 15 is 0 Å². The van der Waals surface area contributed by atoms with Gasteiger partial charge in [-0.15, -0.1) is 0 Å². The number of pyridine rings is 1. The quantitative estimate of drug-likeness (QED) is 0.465. The van der Waals surface area contributed by atoms with Gasteiger partial charge in [-0.2, -0.15) is 5.10 Å². The molecule has 3 aromatic rings. The summed E-state index contributed by atoms with van der Waals surface area (Å²) in [5, 5.41) is 7.33. The number of carbonyl (C=O) groups excluding carboxylic acids is 1. The van der Waals surface area contributed by atoms with Crippen LogP contribution >= 0.6 is 0 Å². The molecule has 1 amide bonds. The van der Waals surface area contributed by atoms with E-state index in [-0.39, 0.29) is 23.9 Å². The monoisotopic (exact) mass is 476 g/mol. The van der Waals surface area contributed by atoms with Crippen LogP contribution in [0.15, 0.2) is 48.9 Å². The van der Waals surface area contributed by atoms with E-state index in [1.807, 2.05) is 13.2 Å². The predicted molar refractivity (Wildman–Crippen MR) is 138 cm³/mol. The highest BCUT2D eigenvalue weighted by atomic mass is 16.5. The zero-order valence-electron chi connectivity index (χ0n) is 20.9. The molecule has 2 aromatic heterocycles. The van der Waals surface area contributed by atoms with Crippen molar-refractivity contribution in [1.82, 2.24) is 25.0 Å². The van der Waals surface area contributed by atoms with Crippen LogP contribution in [0.2, 0.25) is 0 Å². The Hall–Kier alpha value is -3.23. The second-order valence-corrected chi connectivity index (χ2v) is 9.64. The highest BCUT2D eigenvalue weighted by Crippen LogP contribution is 2.26. The molecule has 8 nitrogen and oxygen atoms in total. The summed E-state index contributed by atoms with van der Waals surface area (Å²) in [6.07, 6.45) is 10.3. The second-order valence-electron chi connectivity index (χ2n) is 9.64. The van der Waals surface area contributed by atoms with Crippen LogP contribution in [-0.2, 0) is 24.8 Å². The van der Waals surface area contributed by atoms with Crippen LogP contribution < -0.4 is 11.1 Å². The van der Waals surface area contributed by atoms with Crippen molar-refractivity contribution in [3.63, 3.8) is 0 Å². The predicted octanol–water partition coefficient (Wildman–Crippen LogP) is 3.43. The zero-order chi connectivity index (χ0) is 24.8. The van der Waals surface area contributed by atoms with Gasteiger partial charge in [0.25, 0.3) is 5.91 Å². The van der Waals surface area contributed by atoms with Gasteiger partial charge in [-0.05, 0) is 69.9 Å². The lowest BCUT2D eigenvalue weighted by molar-refractivity contribution is 0.0272. The van der Waals surface area contributed by atoms with Crippen molar-refractivity contribution in [2.24, 2.45) is 7.05 Å². The third kappa shape index (κ3) is 6.68. The molecule has 186 valence electrons. The minimum absolute atomic E-state index is 0.0191. The summed E-state index contributed by atoms with van der Waals surface area (Å²) in [6.45, 7) is 1.63. The third-order valence-corrected chi connectivity index (χ3v) is 6.53. The van der Waals surface area contributed by atoms with Gasteiger partial charge in [0.2, 0.25) is 0 Å². The van der Waals surface area contributed by atoms with Gasteiger partial charge in [0, 0.05) is 30.6 Å². The van der Waals surface area contributed by atoms with Crippen molar-refractivity contribution in [3.8, 4) is 11.1 Å². The smallest absolute Gasteiger partial charge is 0.255 e. The fourth-order valence-electron chi connectivity index (χ4n) is 4.53. The molecule has 0 spiro atoms. The number of nitrogens with two attached hydrogens (primary N) is 1. The first-order valence-electron chi connectivity index (χ1n) is 12.3. The Bertz CT molecular complexity index is 1120. The molecule has 1 aromatic carbocycles. The number of carbonyl (C=O) groups is 1. The van der Waals surface area contributed by atoms with Crippen LogP contribution in [0.4, 0.5) is 5.82 Å². The number of aryl methyl sites for hydroxylation is 2. The van der Waals surface area contributed by atoms with Crippen molar-refractivity contribution in [2.75, 3.05) is 26.4 Å². The molecular weight excluding hydrogens is 440 g/mol. The van der Waals surface area contributed by atoms with Crippen LogP contribution in [0.5, 0.6) is 0 Å². The molecule has 2 atom stereocenters. The lowest BCUT2D eigenvalue weighted by atomic mass is 10.1. The fraction of sp³-hybridized carbons (Fsp3) is 0.444. The summed E-state index contributed by atoms with van der Waals surface area (Å²) in [4.78, 5) is 19.5. The minimum atomic E-state index is -0.219. The molecule has 1 fully saturated rings. The number of hydrogen-bond donors (Lipinski definition) is 2. The zero-order valence-corrected chi connectivity index (χ0v) is 20.9. The molecule has 1 saturated carbocycles. The number of nitrogens with one attached hydrogen (secondary N) is 1. The molecule has 0 radical (unpaired) electrons. The van der Waals surface area contributed by atoms with Crippen molar-refractivity contribution in [1.29, 1.82) is 0 Å². The Labute approximate surface area is 207 Å². The number of amides is 1. The molecule has 1 aliphatic rings. The summed E-state index contributed by atoms with van der Waals surface area (Å²) in [5.41, 5.74) is 10.6. The van der Waals surface area contributed by atoms with E-state index in [4.69, 9.17) is 10.5 Å². The molecule has 0 aliphatic heterocycles. The summed E-state index contributed by atoms with van der Waals surface area (Å²) in [5.74, 6) is -0.000376. The molecule has 35 heavy (non-hydrogen) atoms. The normalized spacial score (nSPS) is 17.7. The largest absolute Gasteiger partial charge is 0.383 e. The lowest BCUT2D eigenvalue weighted by Gasteiger charge is -2.22. The van der Waals surface area contributed by atoms with Gasteiger partial charge in [-0.1, -0.05) is 24.3 Å². The first kappa shape index (κ1) is 24.9. The van der Waals surface area contributed by atoms with E-state index in [0.717, 1.165) is 55.3 Å². The minimum Gasteiger partial charge on any atom is -0.383 e. The Morgan fingerprint density at radius 2 is 1.94 bits per heavy atom. The number of nitrogens with zero attached hydrogens (tertiary/aromatic N) is 4. The van der Waals surface area contributed by atoms with Crippen LogP contribution in [0.25, 0.3) is 11.1 Å². The van der Waals surface area contributed by atoms with Crippen molar-refractivity contribution < 1.29 is 9.53 Å². The highest BCUT2D eigenvalue weighted by molar-refractivity contribution is 5.99. The SMILES string of the molecule is CN(C)CCCc1ccc(CO[C@H]2CCC[C@@H]2NC(=O)c2cc(-c3cnn(C)c3)cnc2N)cc1. The number of rotatable bonds is 10. The summed E-state index contributed by atoms with van der Waals surface area (Å²) >= 11 is 0. The number of aromatic nitrogens is 3. The summed E-state index contributed by atoms with van der Waals surface area (Å²) in [6, 6.07) is 10.4. The van der Waals surface area contributed by atoms with Crippen LogP contribution in [0, 0.1) is 0 Å². The van der Waals surface area contributed by atoms with E-state index in [2.05, 4.69) is 58.7 Å². The Balaban J connectivity index is 1.33. The number of anilines is 1. The van der Waals surface area contributed by atoms with Gasteiger partial charge in [-0.25, -0.2) is 4.98 Å². The fourth-order valence-corrected chi connectivity index (χ4v) is 4.53. The molecule has 1 aliphatic carbocycles. The molecule has 3 N–H and O–H groups in total. The number of benzene rings is 1. The molecule has 0 saturated heterocycles. The highest BCUT2D eigenvalue weighted by Gasteiger charge is 2.30. The van der Waals surface area contributed by atoms with Crippen LogP contribution in [0.3, 0.4) is 0 Å². The second kappa shape index (κ2) is 11.5. The van der Waals surface area contributed by atoms with Crippen molar-refractivity contribution >= 4 is 11.7 Å². The lowest BCUT2D eigenvalue weighted by Crippen LogP contribution is -2.41. The maximum atomic E-state index is 13.1. The van der Waals surface area contributed by atoms with Crippen molar-refractivity contribution in [3.05, 3.63) is 65.6 Å². The maximum Gasteiger partial charge on any atom is 0.255 e. The molecular formula is C27H36N6O2. The summed E-state index contributed by atoms with van der Waals surface area (Å²) < 4.78 is 7.95. The number of ether oxygens (including phenoxy) is 1. The van der Waals surface area contributed by atoms with Gasteiger partial charge in [0.15, 0.2) is 0 Å². The average Bonchev–Trinajstić information content (AvgIpc) is 3.47. The van der Waals surface area contributed by atoms with Gasteiger partial charge in [0.05, 0.1) is 30.5 Å². The van der Waals surface area contributed by atoms with Crippen molar-refractivity contribution in [2.45, 2.75) is 50.9 Å². The molecule has 4 rings (SSSR count). The van der Waals surface area contributed by atoms with Crippen LogP contribution in [0.1, 0.15) is 47.2 Å². The van der Waals surface area contributed by atoms with Gasteiger partial charge in [0.1, 0.15) is 5.82 Å². The van der Waals surface area contributed by atoms with Gasteiger partial charge in [-0.3, -0.25) is 9.48 Å². The Morgan fingerprint density at radius 3 is 2.66 bits per heavy atom. The third-order valence-electron chi connectivity index (χ3n) is 6.53.